The van der Waals surface area contributed by atoms with Crippen molar-refractivity contribution in [3.8, 4) is 11.5 Å². The standard InChI is InChI=1S/C20H18N4O5S2/c1-2-19-22-23-20(30-19)24-31(26,27)15-6-4-14(5-7-15)21-10-9-16(25)13-3-8-17-18(11-13)29-12-28-17/h3-11,21H,2,12H2,1H3,(H,23,24)/b10-9+. The van der Waals surface area contributed by atoms with Crippen molar-refractivity contribution in [1.29, 1.82) is 0 Å². The number of carbonyl (C=O) groups is 1. The van der Waals surface area contributed by atoms with Crippen molar-refractivity contribution in [3.63, 3.8) is 0 Å². The zero-order valence-electron chi connectivity index (χ0n) is 16.4. The van der Waals surface area contributed by atoms with E-state index in [1.807, 2.05) is 6.92 Å². The van der Waals surface area contributed by atoms with Gasteiger partial charge in [0.1, 0.15) is 5.01 Å². The molecule has 0 fully saturated rings. The smallest absolute Gasteiger partial charge is 0.263 e. The van der Waals surface area contributed by atoms with E-state index in [4.69, 9.17) is 9.47 Å². The van der Waals surface area contributed by atoms with E-state index < -0.39 is 10.0 Å². The Hall–Kier alpha value is -3.44. The predicted molar refractivity (Wildman–Crippen MR) is 116 cm³/mol. The minimum absolute atomic E-state index is 0.0896. The quantitative estimate of drug-likeness (QED) is 0.389. The third-order valence-electron chi connectivity index (χ3n) is 4.30. The summed E-state index contributed by atoms with van der Waals surface area (Å²) in [6.45, 7) is 2.06. The fraction of sp³-hybridized carbons (Fsp3) is 0.150. The second-order valence-corrected chi connectivity index (χ2v) is 9.14. The topological polar surface area (TPSA) is 120 Å². The van der Waals surface area contributed by atoms with Crippen LogP contribution in [0.5, 0.6) is 11.5 Å². The van der Waals surface area contributed by atoms with Crippen LogP contribution in [0.2, 0.25) is 0 Å². The van der Waals surface area contributed by atoms with Crippen molar-refractivity contribution in [2.24, 2.45) is 0 Å². The van der Waals surface area contributed by atoms with Gasteiger partial charge in [-0.05, 0) is 48.9 Å². The van der Waals surface area contributed by atoms with Crippen LogP contribution >= 0.6 is 11.3 Å². The number of carbonyl (C=O) groups excluding carboxylic acids is 1. The summed E-state index contributed by atoms with van der Waals surface area (Å²) < 4.78 is 37.9. The number of aromatic nitrogens is 2. The molecule has 31 heavy (non-hydrogen) atoms. The van der Waals surface area contributed by atoms with Gasteiger partial charge < -0.3 is 14.8 Å². The number of nitrogens with zero attached hydrogens (tertiary/aromatic N) is 2. The van der Waals surface area contributed by atoms with E-state index in [2.05, 4.69) is 20.2 Å². The van der Waals surface area contributed by atoms with Crippen LogP contribution in [0.4, 0.5) is 10.8 Å². The Bertz CT molecular complexity index is 1240. The molecule has 0 aliphatic carbocycles. The molecule has 4 rings (SSSR count). The minimum Gasteiger partial charge on any atom is -0.454 e. The van der Waals surface area contributed by atoms with Crippen LogP contribution in [0.15, 0.2) is 59.6 Å². The molecule has 0 spiro atoms. The van der Waals surface area contributed by atoms with E-state index in [1.165, 1.54) is 35.7 Å². The summed E-state index contributed by atoms with van der Waals surface area (Å²) in [5.41, 5.74) is 1.09. The molecule has 9 nitrogen and oxygen atoms in total. The minimum atomic E-state index is -3.76. The number of benzene rings is 2. The maximum absolute atomic E-state index is 12.5. The van der Waals surface area contributed by atoms with Gasteiger partial charge >= 0.3 is 0 Å². The average molecular weight is 459 g/mol. The molecule has 1 aliphatic heterocycles. The zero-order valence-corrected chi connectivity index (χ0v) is 18.0. The Balaban J connectivity index is 1.37. The van der Waals surface area contributed by atoms with Crippen molar-refractivity contribution in [2.45, 2.75) is 18.2 Å². The van der Waals surface area contributed by atoms with Crippen LogP contribution in [0.1, 0.15) is 22.3 Å². The summed E-state index contributed by atoms with van der Waals surface area (Å²) in [5.74, 6) is 0.940. The molecule has 2 N–H and O–H groups in total. The molecule has 0 atom stereocenters. The largest absolute Gasteiger partial charge is 0.454 e. The zero-order chi connectivity index (χ0) is 21.8. The van der Waals surface area contributed by atoms with Crippen LogP contribution in [-0.2, 0) is 16.4 Å². The number of hydrogen-bond donors (Lipinski definition) is 2. The third kappa shape index (κ3) is 4.84. The number of fused-ring (bicyclic) bond motifs is 1. The molecule has 160 valence electrons. The first-order valence-electron chi connectivity index (χ1n) is 9.27. The highest BCUT2D eigenvalue weighted by molar-refractivity contribution is 7.93. The van der Waals surface area contributed by atoms with Gasteiger partial charge in [-0.3, -0.25) is 9.52 Å². The Kier molecular flexibility index (Phi) is 5.87. The number of sulfonamides is 1. The number of hydrogen-bond acceptors (Lipinski definition) is 9. The lowest BCUT2D eigenvalue weighted by atomic mass is 10.1. The fourth-order valence-electron chi connectivity index (χ4n) is 2.70. The van der Waals surface area contributed by atoms with E-state index in [-0.39, 0.29) is 22.6 Å². The number of ether oxygens (including phenoxy) is 2. The second kappa shape index (κ2) is 8.74. The molecule has 11 heteroatoms. The fourth-order valence-corrected chi connectivity index (χ4v) is 4.61. The molecule has 0 saturated carbocycles. The molecule has 0 unspecified atom stereocenters. The van der Waals surface area contributed by atoms with E-state index in [1.54, 1.807) is 30.3 Å². The van der Waals surface area contributed by atoms with Gasteiger partial charge in [0.25, 0.3) is 10.0 Å². The first-order valence-corrected chi connectivity index (χ1v) is 11.6. The molecule has 0 amide bonds. The Morgan fingerprint density at radius 1 is 1.13 bits per heavy atom. The Labute approximate surface area is 182 Å². The van der Waals surface area contributed by atoms with Crippen molar-refractivity contribution >= 4 is 38.0 Å². The van der Waals surface area contributed by atoms with Crippen LogP contribution < -0.4 is 19.5 Å². The molecule has 0 bridgehead atoms. The number of rotatable bonds is 8. The number of nitrogens with one attached hydrogen (secondary N) is 2. The monoisotopic (exact) mass is 458 g/mol. The molecule has 1 aromatic heterocycles. The molecule has 3 aromatic rings. The van der Waals surface area contributed by atoms with Gasteiger partial charge in [0.2, 0.25) is 11.9 Å². The summed E-state index contributed by atoms with van der Waals surface area (Å²) in [7, 11) is -3.76. The van der Waals surface area contributed by atoms with Gasteiger partial charge in [-0.25, -0.2) is 8.42 Å². The maximum Gasteiger partial charge on any atom is 0.263 e. The third-order valence-corrected chi connectivity index (χ3v) is 6.76. The molecule has 2 heterocycles. The lowest BCUT2D eigenvalue weighted by Gasteiger charge is -2.06. The lowest BCUT2D eigenvalue weighted by Crippen LogP contribution is -2.12. The SMILES string of the molecule is CCc1nnc(NS(=O)(=O)c2ccc(N/C=C/C(=O)c3ccc4c(c3)OCO4)cc2)s1. The van der Waals surface area contributed by atoms with Gasteiger partial charge in [-0.1, -0.05) is 18.3 Å². The summed E-state index contributed by atoms with van der Waals surface area (Å²) in [6, 6.07) is 11.1. The normalized spacial score (nSPS) is 12.8. The molecule has 0 saturated heterocycles. The van der Waals surface area contributed by atoms with Crippen LogP contribution in [-0.4, -0.2) is 31.2 Å². The molecule has 1 aliphatic rings. The Morgan fingerprint density at radius 3 is 2.65 bits per heavy atom. The maximum atomic E-state index is 12.5. The van der Waals surface area contributed by atoms with Gasteiger partial charge in [-0.15, -0.1) is 10.2 Å². The summed E-state index contributed by atoms with van der Waals surface area (Å²) in [5, 5.41) is 11.6. The van der Waals surface area contributed by atoms with E-state index in [0.29, 0.717) is 29.2 Å². The number of allylic oxidation sites excluding steroid dienone is 1. The van der Waals surface area contributed by atoms with Gasteiger partial charge in [0, 0.05) is 23.5 Å². The molecular formula is C20H18N4O5S2. The second-order valence-electron chi connectivity index (χ2n) is 6.39. The van der Waals surface area contributed by atoms with Crippen molar-refractivity contribution < 1.29 is 22.7 Å². The number of anilines is 2. The lowest BCUT2D eigenvalue weighted by molar-refractivity contribution is 0.104. The van der Waals surface area contributed by atoms with Crippen LogP contribution in [0.25, 0.3) is 0 Å². The van der Waals surface area contributed by atoms with Gasteiger partial charge in [0.15, 0.2) is 17.3 Å². The van der Waals surface area contributed by atoms with E-state index in [9.17, 15) is 13.2 Å². The van der Waals surface area contributed by atoms with Gasteiger partial charge in [0.05, 0.1) is 4.90 Å². The van der Waals surface area contributed by atoms with E-state index in [0.717, 1.165) is 5.01 Å². The van der Waals surface area contributed by atoms with Gasteiger partial charge in [-0.2, -0.15) is 0 Å². The van der Waals surface area contributed by atoms with Crippen molar-refractivity contribution in [1.82, 2.24) is 10.2 Å². The summed E-state index contributed by atoms with van der Waals surface area (Å²) in [4.78, 5) is 12.4. The first-order chi connectivity index (χ1) is 14.9. The average Bonchev–Trinajstić information content (AvgIpc) is 3.42. The van der Waals surface area contributed by atoms with Crippen molar-refractivity contribution in [2.75, 3.05) is 16.8 Å². The molecule has 2 aromatic carbocycles. The van der Waals surface area contributed by atoms with Crippen LogP contribution in [0.3, 0.4) is 0 Å². The highest BCUT2D eigenvalue weighted by Crippen LogP contribution is 2.32. The van der Waals surface area contributed by atoms with E-state index >= 15 is 0 Å². The van der Waals surface area contributed by atoms with Crippen molar-refractivity contribution in [3.05, 3.63) is 65.3 Å². The Morgan fingerprint density at radius 2 is 1.90 bits per heavy atom. The predicted octanol–water partition coefficient (Wildman–Crippen LogP) is 3.44. The highest BCUT2D eigenvalue weighted by atomic mass is 32.2. The molecule has 0 radical (unpaired) electrons. The summed E-state index contributed by atoms with van der Waals surface area (Å²) in [6.07, 6.45) is 3.55. The number of aryl methyl sites for hydroxylation is 1. The summed E-state index contributed by atoms with van der Waals surface area (Å²) >= 11 is 1.20. The van der Waals surface area contributed by atoms with Crippen LogP contribution in [0, 0.1) is 0 Å². The highest BCUT2D eigenvalue weighted by Gasteiger charge is 2.17. The first kappa shape index (κ1) is 20.8. The molecular weight excluding hydrogens is 440 g/mol. The number of ketones is 1.